The van der Waals surface area contributed by atoms with Crippen LogP contribution in [0.5, 0.6) is 0 Å². The van der Waals surface area contributed by atoms with E-state index >= 15 is 0 Å². The van der Waals surface area contributed by atoms with Crippen LogP contribution in [-0.4, -0.2) is 20.3 Å². The van der Waals surface area contributed by atoms with Gasteiger partial charge in [-0.15, -0.1) is 0 Å². The number of methoxy groups -OCH3 is 1. The van der Waals surface area contributed by atoms with Crippen molar-refractivity contribution in [1.29, 1.82) is 0 Å². The van der Waals surface area contributed by atoms with Crippen LogP contribution >= 0.6 is 15.9 Å². The van der Waals surface area contributed by atoms with Crippen LogP contribution in [0.2, 0.25) is 0 Å². The molecule has 15 heavy (non-hydrogen) atoms. The first kappa shape index (κ1) is 11.0. The van der Waals surface area contributed by atoms with Gasteiger partial charge in [-0.05, 0) is 36.5 Å². The number of rotatable bonds is 3. The molecule has 0 aromatic heterocycles. The fraction of sp³-hybridized carbons (Fsp3) is 0.500. The molecule has 1 unspecified atom stereocenters. The summed E-state index contributed by atoms with van der Waals surface area (Å²) in [5, 5.41) is 3.48. The van der Waals surface area contributed by atoms with Crippen LogP contribution in [0.1, 0.15) is 12.0 Å². The van der Waals surface area contributed by atoms with Crippen molar-refractivity contribution in [2.45, 2.75) is 12.8 Å². The maximum Gasteiger partial charge on any atom is 0.0465 e. The van der Waals surface area contributed by atoms with Gasteiger partial charge in [-0.3, -0.25) is 0 Å². The molecule has 2 nitrogen and oxygen atoms in total. The predicted molar refractivity (Wildman–Crippen MR) is 66.3 cm³/mol. The van der Waals surface area contributed by atoms with E-state index < -0.39 is 0 Å². The van der Waals surface area contributed by atoms with Gasteiger partial charge in [0, 0.05) is 30.4 Å². The maximum atomic E-state index is 5.12. The van der Waals surface area contributed by atoms with E-state index in [1.54, 1.807) is 7.11 Å². The van der Waals surface area contributed by atoms with Crippen molar-refractivity contribution in [3.8, 4) is 0 Å². The molecule has 1 N–H and O–H groups in total. The van der Waals surface area contributed by atoms with Crippen molar-refractivity contribution in [2.24, 2.45) is 5.92 Å². The van der Waals surface area contributed by atoms with Crippen molar-refractivity contribution in [3.63, 3.8) is 0 Å². The minimum atomic E-state index is 0.707. The Morgan fingerprint density at radius 3 is 3.20 bits per heavy atom. The number of anilines is 1. The molecule has 1 aromatic rings. The van der Waals surface area contributed by atoms with Crippen LogP contribution in [0.15, 0.2) is 22.7 Å². The minimum Gasteiger partial charge on any atom is -0.385 e. The third-order valence-electron chi connectivity index (χ3n) is 2.89. The van der Waals surface area contributed by atoms with Gasteiger partial charge in [0.1, 0.15) is 0 Å². The average molecular weight is 270 g/mol. The molecule has 1 atom stereocenters. The fourth-order valence-corrected chi connectivity index (χ4v) is 2.38. The summed E-state index contributed by atoms with van der Waals surface area (Å²) in [5.41, 5.74) is 2.70. The van der Waals surface area contributed by atoms with Gasteiger partial charge in [-0.2, -0.15) is 0 Å². The number of hydrogen-bond acceptors (Lipinski definition) is 2. The largest absolute Gasteiger partial charge is 0.385 e. The molecule has 0 fully saturated rings. The Balaban J connectivity index is 2.03. The van der Waals surface area contributed by atoms with Crippen molar-refractivity contribution >= 4 is 21.6 Å². The van der Waals surface area contributed by atoms with Crippen molar-refractivity contribution < 1.29 is 4.74 Å². The molecule has 0 spiro atoms. The average Bonchev–Trinajstić information content (AvgIpc) is 2.26. The molecule has 2 rings (SSSR count). The molecule has 0 bridgehead atoms. The fourth-order valence-electron chi connectivity index (χ4n) is 2.02. The van der Waals surface area contributed by atoms with E-state index in [1.165, 1.54) is 17.7 Å². The molecule has 1 aliphatic rings. The van der Waals surface area contributed by atoms with Crippen LogP contribution in [0, 0.1) is 5.92 Å². The van der Waals surface area contributed by atoms with E-state index in [4.69, 9.17) is 4.74 Å². The quantitative estimate of drug-likeness (QED) is 0.911. The summed E-state index contributed by atoms with van der Waals surface area (Å²) in [5.74, 6) is 0.707. The molecule has 1 aliphatic heterocycles. The zero-order chi connectivity index (χ0) is 10.7. The highest BCUT2D eigenvalue weighted by Crippen LogP contribution is 2.28. The number of halogens is 1. The normalized spacial score (nSPS) is 19.5. The van der Waals surface area contributed by atoms with Gasteiger partial charge in [0.2, 0.25) is 0 Å². The third-order valence-corrected chi connectivity index (χ3v) is 3.39. The van der Waals surface area contributed by atoms with Gasteiger partial charge < -0.3 is 10.1 Å². The number of fused-ring (bicyclic) bond motifs is 1. The summed E-state index contributed by atoms with van der Waals surface area (Å²) in [6.07, 6.45) is 2.30. The lowest BCUT2D eigenvalue weighted by atomic mass is 9.92. The molecule has 3 heteroatoms. The summed E-state index contributed by atoms with van der Waals surface area (Å²) in [4.78, 5) is 0. The SMILES string of the molecule is COCCC1CNc2cc(Br)ccc2C1. The lowest BCUT2D eigenvalue weighted by molar-refractivity contribution is 0.178. The molecule has 0 saturated heterocycles. The Kier molecular flexibility index (Phi) is 3.65. The Bertz CT molecular complexity index is 340. The van der Waals surface area contributed by atoms with Gasteiger partial charge in [0.25, 0.3) is 0 Å². The number of nitrogens with one attached hydrogen (secondary N) is 1. The topological polar surface area (TPSA) is 21.3 Å². The summed E-state index contributed by atoms with van der Waals surface area (Å²) in [6, 6.07) is 6.46. The Hall–Kier alpha value is -0.540. The lowest BCUT2D eigenvalue weighted by Gasteiger charge is -2.26. The number of hydrogen-bond donors (Lipinski definition) is 1. The zero-order valence-electron chi connectivity index (χ0n) is 8.92. The molecular formula is C12H16BrNO. The van der Waals surface area contributed by atoms with E-state index in [2.05, 4.69) is 39.4 Å². The summed E-state index contributed by atoms with van der Waals surface area (Å²) >= 11 is 3.49. The minimum absolute atomic E-state index is 0.707. The lowest BCUT2D eigenvalue weighted by Crippen LogP contribution is -2.24. The molecule has 0 aliphatic carbocycles. The third kappa shape index (κ3) is 2.73. The summed E-state index contributed by atoms with van der Waals surface area (Å²) in [6.45, 7) is 1.92. The second-order valence-electron chi connectivity index (χ2n) is 4.03. The standard InChI is InChI=1S/C12H16BrNO/c1-15-5-4-9-6-10-2-3-11(13)7-12(10)14-8-9/h2-3,7,9,14H,4-6,8H2,1H3. The van der Waals surface area contributed by atoms with Gasteiger partial charge in [0.15, 0.2) is 0 Å². The van der Waals surface area contributed by atoms with Gasteiger partial charge in [-0.1, -0.05) is 22.0 Å². The zero-order valence-corrected chi connectivity index (χ0v) is 10.5. The Morgan fingerprint density at radius 2 is 2.40 bits per heavy atom. The Labute approximate surface area is 99.1 Å². The molecule has 82 valence electrons. The smallest absolute Gasteiger partial charge is 0.0465 e. The summed E-state index contributed by atoms with van der Waals surface area (Å²) in [7, 11) is 1.77. The molecule has 0 radical (unpaired) electrons. The van der Waals surface area contributed by atoms with E-state index in [1.807, 2.05) is 0 Å². The second kappa shape index (κ2) is 4.99. The van der Waals surface area contributed by atoms with E-state index in [9.17, 15) is 0 Å². The maximum absolute atomic E-state index is 5.12. The first-order valence-corrected chi connectivity index (χ1v) is 6.10. The van der Waals surface area contributed by atoms with Crippen LogP contribution in [0.4, 0.5) is 5.69 Å². The van der Waals surface area contributed by atoms with Crippen LogP contribution < -0.4 is 5.32 Å². The van der Waals surface area contributed by atoms with Crippen molar-refractivity contribution in [2.75, 3.05) is 25.6 Å². The molecule has 1 aromatic carbocycles. The molecule has 1 heterocycles. The van der Waals surface area contributed by atoms with E-state index in [0.29, 0.717) is 5.92 Å². The summed E-state index contributed by atoms with van der Waals surface area (Å²) < 4.78 is 6.26. The first-order valence-electron chi connectivity index (χ1n) is 5.31. The monoisotopic (exact) mass is 269 g/mol. The highest BCUT2D eigenvalue weighted by atomic mass is 79.9. The van der Waals surface area contributed by atoms with Crippen LogP contribution in [-0.2, 0) is 11.2 Å². The van der Waals surface area contributed by atoms with Crippen molar-refractivity contribution in [3.05, 3.63) is 28.2 Å². The molecule has 0 saturated carbocycles. The van der Waals surface area contributed by atoms with E-state index in [-0.39, 0.29) is 0 Å². The molecule has 0 amide bonds. The number of benzene rings is 1. The van der Waals surface area contributed by atoms with Gasteiger partial charge in [-0.25, -0.2) is 0 Å². The first-order chi connectivity index (χ1) is 7.29. The van der Waals surface area contributed by atoms with Crippen molar-refractivity contribution in [1.82, 2.24) is 0 Å². The van der Waals surface area contributed by atoms with Gasteiger partial charge >= 0.3 is 0 Å². The Morgan fingerprint density at radius 1 is 1.53 bits per heavy atom. The highest BCUT2D eigenvalue weighted by Gasteiger charge is 2.17. The predicted octanol–water partition coefficient (Wildman–Crippen LogP) is 3.07. The van der Waals surface area contributed by atoms with Gasteiger partial charge in [0.05, 0.1) is 0 Å². The van der Waals surface area contributed by atoms with Crippen LogP contribution in [0.3, 0.4) is 0 Å². The molecular weight excluding hydrogens is 254 g/mol. The second-order valence-corrected chi connectivity index (χ2v) is 4.95. The number of ether oxygens (including phenoxy) is 1. The van der Waals surface area contributed by atoms with Crippen LogP contribution in [0.25, 0.3) is 0 Å². The highest BCUT2D eigenvalue weighted by molar-refractivity contribution is 9.10. The van der Waals surface area contributed by atoms with E-state index in [0.717, 1.165) is 24.0 Å².